The van der Waals surface area contributed by atoms with Crippen molar-refractivity contribution in [2.45, 2.75) is 72.3 Å². The zero-order valence-corrected chi connectivity index (χ0v) is 13.3. The first kappa shape index (κ1) is 18.7. The summed E-state index contributed by atoms with van der Waals surface area (Å²) in [6.07, 6.45) is 5.39. The summed E-state index contributed by atoms with van der Waals surface area (Å²) < 4.78 is 0. The van der Waals surface area contributed by atoms with Gasteiger partial charge in [-0.25, -0.2) is 4.79 Å². The predicted molar refractivity (Wildman–Crippen MR) is 80.8 cm³/mol. The highest BCUT2D eigenvalue weighted by atomic mass is 16.4. The van der Waals surface area contributed by atoms with E-state index in [1.807, 2.05) is 20.8 Å². The maximum absolute atomic E-state index is 11.8. The molecule has 0 aliphatic carbocycles. The molecular formula is C15H30N2O3. The number of carboxylic acids is 1. The van der Waals surface area contributed by atoms with E-state index in [0.29, 0.717) is 12.8 Å². The maximum atomic E-state index is 11.8. The number of carboxylic acid groups (broad SMARTS) is 1. The van der Waals surface area contributed by atoms with Crippen LogP contribution in [-0.4, -0.2) is 29.7 Å². The Morgan fingerprint density at radius 1 is 1.15 bits per heavy atom. The summed E-state index contributed by atoms with van der Waals surface area (Å²) in [7, 11) is 0. The Morgan fingerprint density at radius 3 is 2.20 bits per heavy atom. The summed E-state index contributed by atoms with van der Waals surface area (Å²) in [5, 5.41) is 14.8. The predicted octanol–water partition coefficient (Wildman–Crippen LogP) is 3.15. The van der Waals surface area contributed by atoms with Crippen LogP contribution in [0.2, 0.25) is 0 Å². The molecular weight excluding hydrogens is 256 g/mol. The fourth-order valence-corrected chi connectivity index (χ4v) is 2.18. The second kappa shape index (κ2) is 9.61. The molecule has 0 saturated carbocycles. The summed E-state index contributed by atoms with van der Waals surface area (Å²) in [6.45, 7) is 7.96. The molecule has 2 amide bonds. The standard InChI is InChI=1S/C15H30N2O3/c1-5-8-9-10-12(4)17-14(20)16-11-15(6-2,7-3)13(18)19/h12H,5-11H2,1-4H3,(H,18,19)(H2,16,17,20). The van der Waals surface area contributed by atoms with Gasteiger partial charge < -0.3 is 15.7 Å². The van der Waals surface area contributed by atoms with E-state index in [9.17, 15) is 14.7 Å². The van der Waals surface area contributed by atoms with Crippen LogP contribution in [0, 0.1) is 5.41 Å². The molecule has 0 rings (SSSR count). The van der Waals surface area contributed by atoms with Crippen molar-refractivity contribution in [3.05, 3.63) is 0 Å². The van der Waals surface area contributed by atoms with Gasteiger partial charge in [0.25, 0.3) is 0 Å². The number of unbranched alkanes of at least 4 members (excludes halogenated alkanes) is 2. The van der Waals surface area contributed by atoms with Gasteiger partial charge in [-0.3, -0.25) is 4.79 Å². The van der Waals surface area contributed by atoms with Crippen LogP contribution in [0.15, 0.2) is 0 Å². The van der Waals surface area contributed by atoms with Gasteiger partial charge in [-0.15, -0.1) is 0 Å². The number of carbonyl (C=O) groups is 2. The fraction of sp³-hybridized carbons (Fsp3) is 0.867. The molecule has 1 unspecified atom stereocenters. The van der Waals surface area contributed by atoms with E-state index < -0.39 is 11.4 Å². The molecule has 5 nitrogen and oxygen atoms in total. The van der Waals surface area contributed by atoms with Gasteiger partial charge in [-0.2, -0.15) is 0 Å². The maximum Gasteiger partial charge on any atom is 0.315 e. The Labute approximate surface area is 122 Å². The average Bonchev–Trinajstić information content (AvgIpc) is 2.40. The lowest BCUT2D eigenvalue weighted by atomic mass is 9.82. The monoisotopic (exact) mass is 286 g/mol. The molecule has 20 heavy (non-hydrogen) atoms. The van der Waals surface area contributed by atoms with Crippen LogP contribution in [0.25, 0.3) is 0 Å². The lowest BCUT2D eigenvalue weighted by Crippen LogP contribution is -2.47. The van der Waals surface area contributed by atoms with Crippen molar-refractivity contribution in [1.29, 1.82) is 0 Å². The Morgan fingerprint density at radius 2 is 1.75 bits per heavy atom. The number of aliphatic carboxylic acids is 1. The minimum atomic E-state index is -0.858. The second-order valence-corrected chi connectivity index (χ2v) is 5.52. The van der Waals surface area contributed by atoms with E-state index in [2.05, 4.69) is 17.6 Å². The van der Waals surface area contributed by atoms with Crippen LogP contribution in [0.4, 0.5) is 4.79 Å². The van der Waals surface area contributed by atoms with E-state index in [0.717, 1.165) is 19.3 Å². The van der Waals surface area contributed by atoms with Crippen LogP contribution < -0.4 is 10.6 Å². The highest BCUT2D eigenvalue weighted by Gasteiger charge is 2.35. The summed E-state index contributed by atoms with van der Waals surface area (Å²) >= 11 is 0. The van der Waals surface area contributed by atoms with Crippen molar-refractivity contribution in [2.75, 3.05) is 6.54 Å². The minimum absolute atomic E-state index is 0.115. The van der Waals surface area contributed by atoms with Gasteiger partial charge in [0.15, 0.2) is 0 Å². The molecule has 0 fully saturated rings. The third-order valence-corrected chi connectivity index (χ3v) is 4.01. The molecule has 118 valence electrons. The quantitative estimate of drug-likeness (QED) is 0.540. The zero-order valence-electron chi connectivity index (χ0n) is 13.3. The molecule has 5 heteroatoms. The molecule has 0 heterocycles. The van der Waals surface area contributed by atoms with Crippen molar-refractivity contribution in [1.82, 2.24) is 10.6 Å². The lowest BCUT2D eigenvalue weighted by molar-refractivity contribution is -0.149. The Balaban J connectivity index is 4.17. The van der Waals surface area contributed by atoms with Gasteiger partial charge in [0.1, 0.15) is 0 Å². The van der Waals surface area contributed by atoms with Crippen molar-refractivity contribution >= 4 is 12.0 Å². The molecule has 3 N–H and O–H groups in total. The van der Waals surface area contributed by atoms with Gasteiger partial charge in [0, 0.05) is 12.6 Å². The second-order valence-electron chi connectivity index (χ2n) is 5.52. The minimum Gasteiger partial charge on any atom is -0.481 e. The number of amides is 2. The lowest BCUT2D eigenvalue weighted by Gasteiger charge is -2.27. The molecule has 0 spiro atoms. The summed E-state index contributed by atoms with van der Waals surface area (Å²) in [5.41, 5.74) is -0.858. The molecule has 1 atom stereocenters. The van der Waals surface area contributed by atoms with Crippen LogP contribution in [0.5, 0.6) is 0 Å². The number of hydrogen-bond donors (Lipinski definition) is 3. The average molecular weight is 286 g/mol. The largest absolute Gasteiger partial charge is 0.481 e. The normalized spacial score (nSPS) is 12.8. The third-order valence-electron chi connectivity index (χ3n) is 4.01. The van der Waals surface area contributed by atoms with Crippen molar-refractivity contribution < 1.29 is 14.7 Å². The van der Waals surface area contributed by atoms with Crippen molar-refractivity contribution in [2.24, 2.45) is 5.41 Å². The van der Waals surface area contributed by atoms with Gasteiger partial charge in [0.2, 0.25) is 0 Å². The van der Waals surface area contributed by atoms with E-state index in [4.69, 9.17) is 0 Å². The van der Waals surface area contributed by atoms with Gasteiger partial charge >= 0.3 is 12.0 Å². The van der Waals surface area contributed by atoms with Crippen LogP contribution in [0.3, 0.4) is 0 Å². The van der Waals surface area contributed by atoms with Crippen molar-refractivity contribution in [3.8, 4) is 0 Å². The fourth-order valence-electron chi connectivity index (χ4n) is 2.18. The first-order valence-corrected chi connectivity index (χ1v) is 7.69. The van der Waals surface area contributed by atoms with Crippen molar-refractivity contribution in [3.63, 3.8) is 0 Å². The SMILES string of the molecule is CCCCCC(C)NC(=O)NCC(CC)(CC)C(=O)O. The molecule has 0 bridgehead atoms. The number of rotatable bonds is 10. The Kier molecular flexibility index (Phi) is 9.01. The third kappa shape index (κ3) is 6.26. The zero-order chi connectivity index (χ0) is 15.6. The molecule has 0 aromatic heterocycles. The molecule has 0 aliphatic heterocycles. The number of nitrogens with one attached hydrogen (secondary N) is 2. The number of carbonyl (C=O) groups excluding carboxylic acids is 1. The highest BCUT2D eigenvalue weighted by Crippen LogP contribution is 2.25. The van der Waals surface area contributed by atoms with Crippen LogP contribution in [0.1, 0.15) is 66.2 Å². The molecule has 0 radical (unpaired) electrons. The smallest absolute Gasteiger partial charge is 0.315 e. The Bertz CT molecular complexity index is 301. The van der Waals surface area contributed by atoms with Gasteiger partial charge in [-0.1, -0.05) is 40.0 Å². The van der Waals surface area contributed by atoms with Crippen LogP contribution in [-0.2, 0) is 4.79 Å². The van der Waals surface area contributed by atoms with E-state index >= 15 is 0 Å². The van der Waals surface area contributed by atoms with E-state index in [1.165, 1.54) is 6.42 Å². The Hall–Kier alpha value is -1.26. The van der Waals surface area contributed by atoms with Gasteiger partial charge in [0.05, 0.1) is 5.41 Å². The summed E-state index contributed by atoms with van der Waals surface area (Å²) in [5.74, 6) is -0.848. The van der Waals surface area contributed by atoms with E-state index in [-0.39, 0.29) is 18.6 Å². The topological polar surface area (TPSA) is 78.4 Å². The van der Waals surface area contributed by atoms with Crippen LogP contribution >= 0.6 is 0 Å². The molecule has 0 aromatic carbocycles. The highest BCUT2D eigenvalue weighted by molar-refractivity contribution is 5.78. The van der Waals surface area contributed by atoms with Gasteiger partial charge in [-0.05, 0) is 26.2 Å². The molecule has 0 aliphatic rings. The molecule has 0 aromatic rings. The molecule has 0 saturated heterocycles. The summed E-state index contributed by atoms with van der Waals surface area (Å²) in [6, 6.07) is -0.162. The first-order chi connectivity index (χ1) is 9.41. The number of hydrogen-bond acceptors (Lipinski definition) is 2. The van der Waals surface area contributed by atoms with E-state index in [1.54, 1.807) is 0 Å². The number of urea groups is 1. The first-order valence-electron chi connectivity index (χ1n) is 7.69. The summed E-state index contributed by atoms with van der Waals surface area (Å²) in [4.78, 5) is 23.1.